The van der Waals surface area contributed by atoms with E-state index >= 15 is 0 Å². The second kappa shape index (κ2) is 8.75. The van der Waals surface area contributed by atoms with Crippen LogP contribution in [0.3, 0.4) is 0 Å². The summed E-state index contributed by atoms with van der Waals surface area (Å²) in [7, 11) is 0. The molecule has 1 saturated heterocycles. The van der Waals surface area contributed by atoms with E-state index in [2.05, 4.69) is 52.3 Å². The number of fused-ring (bicyclic) bond motifs is 4. The molecule has 3 aromatic carbocycles. The first-order chi connectivity index (χ1) is 16.6. The van der Waals surface area contributed by atoms with Crippen LogP contribution in [0.4, 0.5) is 4.79 Å². The molecule has 1 amide bonds. The van der Waals surface area contributed by atoms with E-state index in [0.29, 0.717) is 19.8 Å². The summed E-state index contributed by atoms with van der Waals surface area (Å²) in [5.41, 5.74) is 6.69. The van der Waals surface area contributed by atoms with Crippen LogP contribution in [0.1, 0.15) is 47.1 Å². The predicted octanol–water partition coefficient (Wildman–Crippen LogP) is 6.18. The van der Waals surface area contributed by atoms with Crippen LogP contribution >= 0.6 is 15.9 Å². The summed E-state index contributed by atoms with van der Waals surface area (Å²) in [6.07, 6.45) is 1.77. The van der Waals surface area contributed by atoms with Gasteiger partial charge in [0.2, 0.25) is 0 Å². The fourth-order valence-electron chi connectivity index (χ4n) is 5.88. The van der Waals surface area contributed by atoms with Gasteiger partial charge in [0, 0.05) is 22.5 Å². The van der Waals surface area contributed by atoms with Crippen molar-refractivity contribution >= 4 is 22.0 Å². The van der Waals surface area contributed by atoms with Gasteiger partial charge < -0.3 is 19.5 Å². The molecule has 0 saturated carbocycles. The highest BCUT2D eigenvalue weighted by Crippen LogP contribution is 2.46. The van der Waals surface area contributed by atoms with Gasteiger partial charge in [0.05, 0.1) is 12.6 Å². The summed E-state index contributed by atoms with van der Waals surface area (Å²) in [5, 5.41) is 10.6. The van der Waals surface area contributed by atoms with Crippen LogP contribution in [-0.2, 0) is 15.9 Å². The van der Waals surface area contributed by atoms with Gasteiger partial charge in [-0.25, -0.2) is 4.79 Å². The molecule has 2 aliphatic heterocycles. The number of likely N-dealkylation sites (tertiary alicyclic amines) is 1. The highest BCUT2D eigenvalue weighted by molar-refractivity contribution is 9.10. The largest absolute Gasteiger partial charge is 0.508 e. The fourth-order valence-corrected chi connectivity index (χ4v) is 6.43. The third-order valence-corrected chi connectivity index (χ3v) is 8.17. The van der Waals surface area contributed by atoms with E-state index in [9.17, 15) is 9.90 Å². The van der Waals surface area contributed by atoms with E-state index in [4.69, 9.17) is 9.47 Å². The number of aromatic hydroxyl groups is 1. The first-order valence-corrected chi connectivity index (χ1v) is 12.7. The zero-order chi connectivity index (χ0) is 23.2. The third-order valence-electron chi connectivity index (χ3n) is 7.43. The van der Waals surface area contributed by atoms with Crippen molar-refractivity contribution in [2.24, 2.45) is 0 Å². The number of phenols is 1. The number of carbonyl (C=O) groups excluding carboxylic acids is 1. The van der Waals surface area contributed by atoms with Gasteiger partial charge in [-0.2, -0.15) is 0 Å². The highest BCUT2D eigenvalue weighted by Gasteiger charge is 2.41. The van der Waals surface area contributed by atoms with Crippen LogP contribution in [0.2, 0.25) is 0 Å². The van der Waals surface area contributed by atoms with Crippen LogP contribution in [-0.4, -0.2) is 41.9 Å². The number of benzene rings is 3. The van der Waals surface area contributed by atoms with Gasteiger partial charge in [0.15, 0.2) is 0 Å². The number of halogens is 1. The number of rotatable bonds is 3. The number of hydrogen-bond donors (Lipinski definition) is 1. The summed E-state index contributed by atoms with van der Waals surface area (Å²) in [5.74, 6) is 0.256. The number of phenolic OH excluding ortho intramolecular Hbond substituents is 1. The summed E-state index contributed by atoms with van der Waals surface area (Å²) < 4.78 is 13.1. The van der Waals surface area contributed by atoms with Gasteiger partial charge in [-0.15, -0.1) is 0 Å². The molecule has 0 bridgehead atoms. The maximum absolute atomic E-state index is 13.3. The summed E-state index contributed by atoms with van der Waals surface area (Å²) in [6, 6.07) is 20.1. The average Bonchev–Trinajstić information content (AvgIpc) is 3.48. The minimum atomic E-state index is -0.357. The lowest BCUT2D eigenvalue weighted by Gasteiger charge is -2.35. The Balaban J connectivity index is 1.23. The lowest BCUT2D eigenvalue weighted by molar-refractivity contribution is -0.0141. The second-order valence-electron chi connectivity index (χ2n) is 9.21. The molecule has 34 heavy (non-hydrogen) atoms. The standard InChI is InChI=1S/C28H26BrNO4/c29-23-11-12-25(31)26-21(23)13-15-33-27(26)24-10-5-14-30(24)28(32)34-16-22-19-8-3-1-6-17(19)18-7-2-4-9-20(18)22/h1-4,6-9,11-12,22,24,27,31H,5,10,13-16H2/t24-,27+/m0/s1. The first-order valence-electron chi connectivity index (χ1n) is 11.9. The molecule has 5 nitrogen and oxygen atoms in total. The van der Waals surface area contributed by atoms with E-state index in [1.165, 1.54) is 22.3 Å². The number of nitrogens with zero attached hydrogens (tertiary/aromatic N) is 1. The lowest BCUT2D eigenvalue weighted by Crippen LogP contribution is -2.42. The molecule has 0 radical (unpaired) electrons. The quantitative estimate of drug-likeness (QED) is 0.448. The molecule has 6 rings (SSSR count). The highest BCUT2D eigenvalue weighted by atomic mass is 79.9. The Hall–Kier alpha value is -2.83. The molecule has 3 aliphatic rings. The van der Waals surface area contributed by atoms with Crippen molar-refractivity contribution in [1.29, 1.82) is 0 Å². The second-order valence-corrected chi connectivity index (χ2v) is 10.1. The maximum Gasteiger partial charge on any atom is 0.410 e. The Morgan fingerprint density at radius 2 is 1.76 bits per heavy atom. The average molecular weight is 520 g/mol. The fraction of sp³-hybridized carbons (Fsp3) is 0.321. The first kappa shape index (κ1) is 21.7. The van der Waals surface area contributed by atoms with Gasteiger partial charge in [0.1, 0.15) is 18.5 Å². The van der Waals surface area contributed by atoms with Crippen molar-refractivity contribution in [3.05, 3.63) is 87.4 Å². The Kier molecular flexibility index (Phi) is 5.58. The summed E-state index contributed by atoms with van der Waals surface area (Å²) >= 11 is 3.61. The summed E-state index contributed by atoms with van der Waals surface area (Å²) in [4.78, 5) is 15.1. The van der Waals surface area contributed by atoms with Gasteiger partial charge in [-0.3, -0.25) is 0 Å². The monoisotopic (exact) mass is 519 g/mol. The minimum Gasteiger partial charge on any atom is -0.508 e. The zero-order valence-electron chi connectivity index (χ0n) is 18.7. The van der Waals surface area contributed by atoms with Crippen molar-refractivity contribution in [3.63, 3.8) is 0 Å². The third kappa shape index (κ3) is 3.51. The number of carbonyl (C=O) groups is 1. The molecule has 1 fully saturated rings. The molecule has 2 heterocycles. The number of hydrogen-bond acceptors (Lipinski definition) is 4. The molecule has 2 atom stereocenters. The van der Waals surface area contributed by atoms with Crippen LogP contribution < -0.4 is 0 Å². The SMILES string of the molecule is O=C(OCC1c2ccccc2-c2ccccc21)N1CCC[C@H]1[C@H]1OCCc2c(Br)ccc(O)c21. The van der Waals surface area contributed by atoms with Crippen LogP contribution in [0.15, 0.2) is 65.1 Å². The van der Waals surface area contributed by atoms with Crippen molar-refractivity contribution in [2.75, 3.05) is 19.8 Å². The minimum absolute atomic E-state index is 0.0315. The van der Waals surface area contributed by atoms with Gasteiger partial charge >= 0.3 is 6.09 Å². The van der Waals surface area contributed by atoms with E-state index in [-0.39, 0.29) is 29.9 Å². The van der Waals surface area contributed by atoms with Gasteiger partial charge in [0.25, 0.3) is 0 Å². The molecule has 3 aromatic rings. The van der Waals surface area contributed by atoms with Crippen molar-refractivity contribution < 1.29 is 19.4 Å². The van der Waals surface area contributed by atoms with Gasteiger partial charge in [-0.05, 0) is 59.2 Å². The molecule has 0 aromatic heterocycles. The van der Waals surface area contributed by atoms with Crippen molar-refractivity contribution in [3.8, 4) is 16.9 Å². The van der Waals surface area contributed by atoms with E-state index < -0.39 is 0 Å². The van der Waals surface area contributed by atoms with Crippen LogP contribution in [0.5, 0.6) is 5.75 Å². The Labute approximate surface area is 207 Å². The van der Waals surface area contributed by atoms with E-state index in [1.54, 1.807) is 11.0 Å². The topological polar surface area (TPSA) is 59.0 Å². The van der Waals surface area contributed by atoms with Gasteiger partial charge in [-0.1, -0.05) is 64.5 Å². The maximum atomic E-state index is 13.3. The number of amides is 1. The van der Waals surface area contributed by atoms with Crippen molar-refractivity contribution in [1.82, 2.24) is 4.90 Å². The number of ether oxygens (including phenoxy) is 2. The van der Waals surface area contributed by atoms with Crippen molar-refractivity contribution in [2.45, 2.75) is 37.3 Å². The molecular weight excluding hydrogens is 494 g/mol. The smallest absolute Gasteiger partial charge is 0.410 e. The normalized spacial score (nSPS) is 21.1. The Bertz CT molecular complexity index is 1210. The Morgan fingerprint density at radius 3 is 2.50 bits per heavy atom. The molecule has 1 N–H and O–H groups in total. The molecule has 174 valence electrons. The van der Waals surface area contributed by atoms with Crippen LogP contribution in [0, 0.1) is 0 Å². The van der Waals surface area contributed by atoms with E-state index in [1.807, 2.05) is 18.2 Å². The molecule has 6 heteroatoms. The Morgan fingerprint density at radius 1 is 1.06 bits per heavy atom. The molecule has 1 aliphatic carbocycles. The van der Waals surface area contributed by atoms with Crippen LogP contribution in [0.25, 0.3) is 11.1 Å². The molecule has 0 spiro atoms. The molecule has 0 unspecified atom stereocenters. The lowest BCUT2D eigenvalue weighted by atomic mass is 9.91. The van der Waals surface area contributed by atoms with E-state index in [0.717, 1.165) is 34.9 Å². The predicted molar refractivity (Wildman–Crippen MR) is 133 cm³/mol. The summed E-state index contributed by atoms with van der Waals surface area (Å²) in [6.45, 7) is 1.50. The molecular formula is C28H26BrNO4. The zero-order valence-corrected chi connectivity index (χ0v) is 20.3.